The van der Waals surface area contributed by atoms with Gasteiger partial charge in [-0.1, -0.05) is 6.07 Å². The fourth-order valence-corrected chi connectivity index (χ4v) is 2.67. The van der Waals surface area contributed by atoms with E-state index < -0.39 is 0 Å². The number of aromatic nitrogens is 1. The lowest BCUT2D eigenvalue weighted by Crippen LogP contribution is -1.94. The van der Waals surface area contributed by atoms with Crippen LogP contribution < -0.4 is 10.5 Å². The molecule has 1 heterocycles. The van der Waals surface area contributed by atoms with Gasteiger partial charge in [0.2, 0.25) is 0 Å². The molecule has 2 N–H and O–H groups in total. The molecular weight excluding hydrogens is 256 g/mol. The first-order valence-electron chi connectivity index (χ1n) is 6.24. The Kier molecular flexibility index (Phi) is 4.68. The van der Waals surface area contributed by atoms with E-state index in [-0.39, 0.29) is 0 Å². The molecule has 1 aromatic heterocycles. The normalized spacial score (nSPS) is 10.4. The lowest BCUT2D eigenvalue weighted by molar-refractivity contribution is 0.339. The third-order valence-electron chi connectivity index (χ3n) is 2.62. The van der Waals surface area contributed by atoms with Crippen LogP contribution in [0.3, 0.4) is 0 Å². The van der Waals surface area contributed by atoms with Crippen LogP contribution in [0.1, 0.15) is 18.1 Å². The molecule has 0 saturated heterocycles. The minimum absolute atomic E-state index is 0.663. The number of nitrogens with two attached hydrogens (primary N) is 1. The highest BCUT2D eigenvalue weighted by molar-refractivity contribution is 7.98. The van der Waals surface area contributed by atoms with Gasteiger partial charge in [0.25, 0.3) is 0 Å². The maximum Gasteiger partial charge on any atom is 0.120 e. The number of aryl methyl sites for hydroxylation is 1. The lowest BCUT2D eigenvalue weighted by Gasteiger charge is -2.09. The minimum atomic E-state index is 0.663. The molecule has 0 atom stereocenters. The maximum absolute atomic E-state index is 5.99. The summed E-state index contributed by atoms with van der Waals surface area (Å²) in [5.41, 5.74) is 9.15. The van der Waals surface area contributed by atoms with Crippen LogP contribution in [-0.2, 0) is 5.75 Å². The van der Waals surface area contributed by atoms with Crippen molar-refractivity contribution in [3.05, 3.63) is 47.8 Å². The molecule has 0 aliphatic heterocycles. The maximum atomic E-state index is 5.99. The quantitative estimate of drug-likeness (QED) is 0.667. The van der Waals surface area contributed by atoms with Gasteiger partial charge in [0.05, 0.1) is 6.61 Å². The molecule has 0 bridgehead atoms. The van der Waals surface area contributed by atoms with E-state index in [0.717, 1.165) is 22.1 Å². The number of ether oxygens (including phenoxy) is 1. The largest absolute Gasteiger partial charge is 0.494 e. The molecule has 2 rings (SSSR count). The summed E-state index contributed by atoms with van der Waals surface area (Å²) in [4.78, 5) is 5.25. The van der Waals surface area contributed by atoms with Gasteiger partial charge in [0, 0.05) is 28.7 Å². The van der Waals surface area contributed by atoms with E-state index in [1.165, 1.54) is 11.1 Å². The predicted octanol–water partition coefficient (Wildman–Crippen LogP) is 3.66. The summed E-state index contributed by atoms with van der Waals surface area (Å²) in [7, 11) is 0. The molecule has 1 aromatic carbocycles. The molecule has 2 aromatic rings. The molecule has 0 aliphatic rings. The van der Waals surface area contributed by atoms with Crippen molar-refractivity contribution in [1.29, 1.82) is 0 Å². The molecule has 0 spiro atoms. The molecule has 0 amide bonds. The Hall–Kier alpha value is -1.68. The van der Waals surface area contributed by atoms with E-state index in [0.29, 0.717) is 6.61 Å². The number of nitrogens with zero attached hydrogens (tertiary/aromatic N) is 1. The molecule has 4 heteroatoms. The molecule has 0 aliphatic carbocycles. The van der Waals surface area contributed by atoms with Crippen molar-refractivity contribution in [2.45, 2.75) is 24.5 Å². The number of thioether (sulfide) groups is 1. The van der Waals surface area contributed by atoms with E-state index in [1.54, 1.807) is 11.8 Å². The second-order valence-corrected chi connectivity index (χ2v) is 5.31. The summed E-state index contributed by atoms with van der Waals surface area (Å²) in [6.07, 6.45) is 3.75. The van der Waals surface area contributed by atoms with Gasteiger partial charge >= 0.3 is 0 Å². The second-order valence-electron chi connectivity index (χ2n) is 4.29. The Morgan fingerprint density at radius 1 is 1.26 bits per heavy atom. The standard InChI is InChI=1S/C15H18N2OS/c1-3-18-13-4-5-14(16)15(7-13)19-10-12-6-11(2)8-17-9-12/h4-9H,3,10,16H2,1-2H3. The summed E-state index contributed by atoms with van der Waals surface area (Å²) in [5, 5.41) is 0. The first-order valence-corrected chi connectivity index (χ1v) is 7.23. The molecule has 0 fully saturated rings. The van der Waals surface area contributed by atoms with Crippen LogP contribution in [0.25, 0.3) is 0 Å². The van der Waals surface area contributed by atoms with Crippen LogP contribution in [0.5, 0.6) is 5.75 Å². The highest BCUT2D eigenvalue weighted by Gasteiger charge is 2.04. The molecule has 100 valence electrons. The Labute approximate surface area is 118 Å². The van der Waals surface area contributed by atoms with Crippen LogP contribution in [0.15, 0.2) is 41.6 Å². The van der Waals surface area contributed by atoms with E-state index >= 15 is 0 Å². The lowest BCUT2D eigenvalue weighted by atomic mass is 10.2. The number of benzene rings is 1. The number of pyridine rings is 1. The summed E-state index contributed by atoms with van der Waals surface area (Å²) < 4.78 is 5.49. The predicted molar refractivity (Wildman–Crippen MR) is 80.6 cm³/mol. The van der Waals surface area contributed by atoms with Crippen LogP contribution >= 0.6 is 11.8 Å². The molecular formula is C15H18N2OS. The summed E-state index contributed by atoms with van der Waals surface area (Å²) in [6, 6.07) is 7.92. The third kappa shape index (κ3) is 3.89. The molecule has 19 heavy (non-hydrogen) atoms. The first kappa shape index (κ1) is 13.7. The molecule has 0 unspecified atom stereocenters. The van der Waals surface area contributed by atoms with Gasteiger partial charge in [-0.05, 0) is 43.2 Å². The minimum Gasteiger partial charge on any atom is -0.494 e. The summed E-state index contributed by atoms with van der Waals surface area (Å²) in [5.74, 6) is 1.72. The average molecular weight is 274 g/mol. The molecule has 0 saturated carbocycles. The number of rotatable bonds is 5. The number of hydrogen-bond acceptors (Lipinski definition) is 4. The fourth-order valence-electron chi connectivity index (χ4n) is 1.75. The van der Waals surface area contributed by atoms with Gasteiger partial charge in [0.15, 0.2) is 0 Å². The van der Waals surface area contributed by atoms with Crippen molar-refractivity contribution in [3.63, 3.8) is 0 Å². The average Bonchev–Trinajstić information content (AvgIpc) is 2.40. The Morgan fingerprint density at radius 2 is 2.11 bits per heavy atom. The monoisotopic (exact) mass is 274 g/mol. The van der Waals surface area contributed by atoms with E-state index in [2.05, 4.69) is 11.1 Å². The van der Waals surface area contributed by atoms with Crippen molar-refractivity contribution in [2.75, 3.05) is 12.3 Å². The summed E-state index contributed by atoms with van der Waals surface area (Å²) in [6.45, 7) is 4.68. The van der Waals surface area contributed by atoms with Crippen molar-refractivity contribution < 1.29 is 4.74 Å². The highest BCUT2D eigenvalue weighted by Crippen LogP contribution is 2.31. The van der Waals surface area contributed by atoms with E-state index in [4.69, 9.17) is 10.5 Å². The number of hydrogen-bond donors (Lipinski definition) is 1. The Morgan fingerprint density at radius 3 is 2.84 bits per heavy atom. The third-order valence-corrected chi connectivity index (χ3v) is 3.76. The first-order chi connectivity index (χ1) is 9.19. The van der Waals surface area contributed by atoms with Crippen LogP contribution in [0.2, 0.25) is 0 Å². The van der Waals surface area contributed by atoms with Crippen LogP contribution in [0.4, 0.5) is 5.69 Å². The highest BCUT2D eigenvalue weighted by atomic mass is 32.2. The van der Waals surface area contributed by atoms with Crippen LogP contribution in [0, 0.1) is 6.92 Å². The second kappa shape index (κ2) is 6.48. The van der Waals surface area contributed by atoms with Crippen molar-refractivity contribution in [2.24, 2.45) is 0 Å². The van der Waals surface area contributed by atoms with Crippen molar-refractivity contribution in [1.82, 2.24) is 4.98 Å². The van der Waals surface area contributed by atoms with Crippen molar-refractivity contribution in [3.8, 4) is 5.75 Å². The fraction of sp³-hybridized carbons (Fsp3) is 0.267. The topological polar surface area (TPSA) is 48.1 Å². The zero-order chi connectivity index (χ0) is 13.7. The SMILES string of the molecule is CCOc1ccc(N)c(SCc2cncc(C)c2)c1. The number of anilines is 1. The van der Waals surface area contributed by atoms with Gasteiger partial charge < -0.3 is 10.5 Å². The zero-order valence-corrected chi connectivity index (χ0v) is 12.0. The van der Waals surface area contributed by atoms with Gasteiger partial charge in [-0.25, -0.2) is 0 Å². The summed E-state index contributed by atoms with van der Waals surface area (Å²) >= 11 is 1.70. The van der Waals surface area contributed by atoms with Crippen molar-refractivity contribution >= 4 is 17.4 Å². The molecule has 3 nitrogen and oxygen atoms in total. The number of nitrogen functional groups attached to an aromatic ring is 1. The van der Waals surface area contributed by atoms with E-state index in [1.807, 2.05) is 44.4 Å². The van der Waals surface area contributed by atoms with E-state index in [9.17, 15) is 0 Å². The van der Waals surface area contributed by atoms with Gasteiger partial charge in [-0.2, -0.15) is 0 Å². The Bertz CT molecular complexity index is 558. The zero-order valence-electron chi connectivity index (χ0n) is 11.2. The van der Waals surface area contributed by atoms with Gasteiger partial charge in [-0.15, -0.1) is 11.8 Å². The molecule has 0 radical (unpaired) electrons. The van der Waals surface area contributed by atoms with Gasteiger partial charge in [-0.3, -0.25) is 4.98 Å². The van der Waals surface area contributed by atoms with Crippen LogP contribution in [-0.4, -0.2) is 11.6 Å². The smallest absolute Gasteiger partial charge is 0.120 e. The Balaban J connectivity index is 2.08. The van der Waals surface area contributed by atoms with Gasteiger partial charge in [0.1, 0.15) is 5.75 Å².